The minimum Gasteiger partial charge on any atom is -0.134 e. The highest BCUT2D eigenvalue weighted by Gasteiger charge is 2.31. The molecule has 4 aromatic carbocycles. The van der Waals surface area contributed by atoms with E-state index in [1.165, 1.54) is 71.0 Å². The minimum atomic E-state index is -1.62. The van der Waals surface area contributed by atoms with E-state index in [-0.39, 0.29) is 0 Å². The maximum Gasteiger partial charge on any atom is 0.0795 e. The third-order valence-electron chi connectivity index (χ3n) is 8.54. The molecule has 0 atom stereocenters. The molecule has 4 heterocycles. The van der Waals surface area contributed by atoms with Gasteiger partial charge in [0.15, 0.2) is 0 Å². The molecule has 0 aliphatic heterocycles. The van der Waals surface area contributed by atoms with Crippen molar-refractivity contribution in [3.05, 3.63) is 97.1 Å². The molecule has 44 heavy (non-hydrogen) atoms. The fraction of sp³-hybridized carbons (Fsp3) is 0.158. The van der Waals surface area contributed by atoms with Gasteiger partial charge < -0.3 is 0 Å². The van der Waals surface area contributed by atoms with Crippen LogP contribution in [0.3, 0.4) is 0 Å². The molecule has 0 aliphatic rings. The third kappa shape index (κ3) is 4.96. The second kappa shape index (κ2) is 10.3. The molecule has 0 saturated heterocycles. The predicted octanol–water partition coefficient (Wildman–Crippen LogP) is 12.6. The summed E-state index contributed by atoms with van der Waals surface area (Å²) >= 11 is 7.97. The number of hydrogen-bond donors (Lipinski definition) is 0. The molecule has 0 spiro atoms. The summed E-state index contributed by atoms with van der Waals surface area (Å²) in [7, 11) is -3.24. The Balaban J connectivity index is 1.29. The first-order chi connectivity index (χ1) is 21.0. The van der Waals surface area contributed by atoms with Gasteiger partial charge in [-0.05, 0) is 91.2 Å². The first-order valence-electron chi connectivity index (χ1n) is 15.2. The molecule has 0 bridgehead atoms. The number of hydrogen-bond acceptors (Lipinski definition) is 4. The Morgan fingerprint density at radius 1 is 0.364 bits per heavy atom. The second-order valence-corrected chi connectivity index (χ2v) is 28.3. The zero-order valence-electron chi connectivity index (χ0n) is 25.9. The Labute approximate surface area is 277 Å². The molecule has 218 valence electrons. The van der Waals surface area contributed by atoms with E-state index in [9.17, 15) is 0 Å². The van der Waals surface area contributed by atoms with Crippen molar-refractivity contribution in [2.75, 3.05) is 0 Å². The van der Waals surface area contributed by atoms with Crippen LogP contribution in [0, 0.1) is 0 Å². The van der Waals surface area contributed by atoms with Crippen molar-refractivity contribution in [2.24, 2.45) is 0 Å². The topological polar surface area (TPSA) is 0 Å². The van der Waals surface area contributed by atoms with Crippen LogP contribution in [0.1, 0.15) is 0 Å². The van der Waals surface area contributed by atoms with Crippen molar-refractivity contribution in [2.45, 2.75) is 39.3 Å². The van der Waals surface area contributed by atoms with Crippen molar-refractivity contribution in [1.82, 2.24) is 0 Å². The smallest absolute Gasteiger partial charge is 0.0795 e. The molecule has 0 amide bonds. The lowest BCUT2D eigenvalue weighted by Crippen LogP contribution is -2.41. The van der Waals surface area contributed by atoms with Crippen molar-refractivity contribution >= 4 is 114 Å². The molecule has 0 fully saturated rings. The van der Waals surface area contributed by atoms with Crippen molar-refractivity contribution in [3.8, 4) is 29.3 Å². The lowest BCUT2D eigenvalue weighted by molar-refractivity contribution is 1.74. The van der Waals surface area contributed by atoms with Gasteiger partial charge in [-0.3, -0.25) is 0 Å². The van der Waals surface area contributed by atoms with Crippen LogP contribution in [0.5, 0.6) is 0 Å². The van der Waals surface area contributed by atoms with E-state index in [4.69, 9.17) is 0 Å². The van der Waals surface area contributed by atoms with Gasteiger partial charge in [0.1, 0.15) is 0 Å². The van der Waals surface area contributed by atoms with E-state index in [0.717, 1.165) is 0 Å². The van der Waals surface area contributed by atoms with Crippen molar-refractivity contribution in [1.29, 1.82) is 0 Å². The quantitative estimate of drug-likeness (QED) is 0.159. The summed E-state index contributed by atoms with van der Waals surface area (Å²) in [6.45, 7) is 15.1. The average molecular weight is 675 g/mol. The summed E-state index contributed by atoms with van der Waals surface area (Å²) in [5.41, 5.74) is 0. The van der Waals surface area contributed by atoms with E-state index >= 15 is 0 Å². The highest BCUT2D eigenvalue weighted by Crippen LogP contribution is 2.45. The number of fused-ring (bicyclic) bond motifs is 4. The maximum atomic E-state index is 2.56. The van der Waals surface area contributed by atoms with Crippen LogP contribution in [-0.2, 0) is 0 Å². The normalized spacial score (nSPS) is 12.8. The van der Waals surface area contributed by atoms with Crippen LogP contribution in [0.15, 0.2) is 97.1 Å². The zero-order chi connectivity index (χ0) is 30.4. The van der Waals surface area contributed by atoms with E-state index < -0.39 is 16.1 Å². The molecule has 0 aliphatic carbocycles. The molecule has 0 N–H and O–H groups in total. The average Bonchev–Trinajstić information content (AvgIpc) is 3.76. The Kier molecular flexibility index (Phi) is 6.73. The van der Waals surface area contributed by atoms with E-state index in [2.05, 4.69) is 136 Å². The largest absolute Gasteiger partial charge is 0.134 e. The molecular weight excluding hydrogens is 641 g/mol. The molecule has 8 aromatic rings. The summed E-state index contributed by atoms with van der Waals surface area (Å²) in [5.74, 6) is 0. The SMILES string of the molecule is C[Si](C)(C)c1cc(-c2cc3cc4ccccc4cc3s2)sc1-c1sc(-c2cc3cc4ccccc4cc3s2)cc1[Si](C)(C)C. The van der Waals surface area contributed by atoms with E-state index in [0.29, 0.717) is 0 Å². The van der Waals surface area contributed by atoms with Crippen LogP contribution in [-0.4, -0.2) is 16.1 Å². The standard InChI is InChI=1S/C38H34S4Si2/c1-43(2,3)35-21-33(31-19-27-15-23-11-7-9-13-25(23)17-29(27)39-31)41-37(35)38-36(44(4,5)6)22-34(42-38)32-20-28-16-24-12-8-10-14-26(24)18-30(28)40-32/h7-22H,1-6H3. The minimum absolute atomic E-state index is 1.32. The third-order valence-corrected chi connectivity index (χ3v) is 17.9. The molecular formula is C38H34S4Si2. The van der Waals surface area contributed by atoms with Crippen molar-refractivity contribution in [3.63, 3.8) is 0 Å². The van der Waals surface area contributed by atoms with E-state index in [1.807, 2.05) is 45.3 Å². The van der Waals surface area contributed by atoms with Gasteiger partial charge in [-0.2, -0.15) is 0 Å². The molecule has 0 radical (unpaired) electrons. The van der Waals surface area contributed by atoms with E-state index in [1.54, 1.807) is 10.4 Å². The van der Waals surface area contributed by atoms with Gasteiger partial charge in [-0.15, -0.1) is 45.3 Å². The molecule has 0 saturated carbocycles. The summed E-state index contributed by atoms with van der Waals surface area (Å²) < 4.78 is 2.75. The highest BCUT2D eigenvalue weighted by molar-refractivity contribution is 7.32. The highest BCUT2D eigenvalue weighted by atomic mass is 32.1. The fourth-order valence-corrected chi connectivity index (χ4v) is 16.1. The van der Waals surface area contributed by atoms with Crippen LogP contribution in [0.4, 0.5) is 0 Å². The summed E-state index contributed by atoms with van der Waals surface area (Å²) in [4.78, 5) is 8.70. The van der Waals surface area contributed by atoms with Gasteiger partial charge in [0.05, 0.1) is 16.1 Å². The number of thiophene rings is 4. The van der Waals surface area contributed by atoms with Gasteiger partial charge in [-0.1, -0.05) is 87.8 Å². The molecule has 0 nitrogen and oxygen atoms in total. The Morgan fingerprint density at radius 3 is 1.07 bits per heavy atom. The number of rotatable bonds is 5. The maximum absolute atomic E-state index is 2.56. The predicted molar refractivity (Wildman–Crippen MR) is 210 cm³/mol. The van der Waals surface area contributed by atoms with Crippen LogP contribution < -0.4 is 10.4 Å². The first kappa shape index (κ1) is 28.6. The van der Waals surface area contributed by atoms with Crippen LogP contribution >= 0.6 is 45.3 Å². The Morgan fingerprint density at radius 2 is 0.705 bits per heavy atom. The zero-order valence-corrected chi connectivity index (χ0v) is 31.1. The molecule has 0 unspecified atom stereocenters. The van der Waals surface area contributed by atoms with Gasteiger partial charge in [0.2, 0.25) is 0 Å². The molecule has 4 aromatic heterocycles. The molecule has 6 heteroatoms. The molecule has 8 rings (SSSR count). The monoisotopic (exact) mass is 674 g/mol. The van der Waals surface area contributed by atoms with Gasteiger partial charge in [0, 0.05) is 38.7 Å². The lowest BCUT2D eigenvalue weighted by Gasteiger charge is -2.20. The summed E-state index contributed by atoms with van der Waals surface area (Å²) in [6.07, 6.45) is 0. The first-order valence-corrected chi connectivity index (χ1v) is 25.4. The number of benzene rings is 4. The van der Waals surface area contributed by atoms with Gasteiger partial charge in [0.25, 0.3) is 0 Å². The van der Waals surface area contributed by atoms with Gasteiger partial charge >= 0.3 is 0 Å². The van der Waals surface area contributed by atoms with Crippen molar-refractivity contribution < 1.29 is 0 Å². The van der Waals surface area contributed by atoms with Gasteiger partial charge in [-0.25, -0.2) is 0 Å². The van der Waals surface area contributed by atoms with Crippen LogP contribution in [0.25, 0.3) is 71.0 Å². The second-order valence-electron chi connectivity index (χ2n) is 13.9. The Bertz CT molecular complexity index is 2090. The lowest BCUT2D eigenvalue weighted by atomic mass is 10.1. The summed E-state index contributed by atoms with van der Waals surface area (Å²) in [6, 6.07) is 36.9. The Hall–Kier alpha value is -2.85. The van der Waals surface area contributed by atoms with Crippen LogP contribution in [0.2, 0.25) is 39.3 Å². The summed E-state index contributed by atoms with van der Waals surface area (Å²) in [5, 5.41) is 11.2. The fourth-order valence-electron chi connectivity index (χ4n) is 6.17.